The molecule has 1 aromatic heterocycles. The monoisotopic (exact) mass is 467 g/mol. The highest BCUT2D eigenvalue weighted by molar-refractivity contribution is 7.99. The van der Waals surface area contributed by atoms with Gasteiger partial charge in [-0.3, -0.25) is 4.79 Å². The topological polar surface area (TPSA) is 84.6 Å². The van der Waals surface area contributed by atoms with Crippen LogP contribution >= 0.6 is 11.8 Å². The third-order valence-corrected chi connectivity index (χ3v) is 6.41. The molecule has 0 aliphatic carbocycles. The standard InChI is InChI=1S/C24H26FN5O2S/c1-29-11-13-30(14-12-29)24-27-16-21(33-20-8-4-18(5-9-20)22(26)31)23(28-24)32-15-10-17-2-6-19(25)7-3-17/h2-9,16H,10-15H2,1H3,(H2,26,31). The third kappa shape index (κ3) is 6.21. The Balaban J connectivity index is 1.51. The molecule has 0 radical (unpaired) electrons. The van der Waals surface area contributed by atoms with Gasteiger partial charge in [0.1, 0.15) is 5.82 Å². The molecule has 33 heavy (non-hydrogen) atoms. The highest BCUT2D eigenvalue weighted by Gasteiger charge is 2.19. The second-order valence-corrected chi connectivity index (χ2v) is 8.96. The molecule has 172 valence electrons. The summed E-state index contributed by atoms with van der Waals surface area (Å²) in [6.45, 7) is 4.01. The van der Waals surface area contributed by atoms with Gasteiger partial charge in [-0.05, 0) is 49.0 Å². The molecule has 1 saturated heterocycles. The number of halogens is 1. The zero-order chi connectivity index (χ0) is 23.2. The largest absolute Gasteiger partial charge is 0.476 e. The average molecular weight is 468 g/mol. The molecule has 3 aromatic rings. The van der Waals surface area contributed by atoms with E-state index < -0.39 is 5.91 Å². The molecule has 2 heterocycles. The molecule has 9 heteroatoms. The number of primary amides is 1. The Kier molecular flexibility index (Phi) is 7.41. The van der Waals surface area contributed by atoms with E-state index in [-0.39, 0.29) is 5.82 Å². The van der Waals surface area contributed by atoms with Crippen LogP contribution in [0.3, 0.4) is 0 Å². The predicted octanol–water partition coefficient (Wildman–Crippen LogP) is 3.24. The van der Waals surface area contributed by atoms with Crippen LogP contribution in [0.1, 0.15) is 15.9 Å². The van der Waals surface area contributed by atoms with Crippen molar-refractivity contribution in [2.24, 2.45) is 5.73 Å². The summed E-state index contributed by atoms with van der Waals surface area (Å²) in [6.07, 6.45) is 2.41. The maximum atomic E-state index is 13.2. The van der Waals surface area contributed by atoms with Crippen molar-refractivity contribution in [3.05, 3.63) is 71.7 Å². The first kappa shape index (κ1) is 23.0. The van der Waals surface area contributed by atoms with Crippen molar-refractivity contribution >= 4 is 23.6 Å². The second kappa shape index (κ2) is 10.6. The van der Waals surface area contributed by atoms with Gasteiger partial charge in [-0.25, -0.2) is 9.37 Å². The van der Waals surface area contributed by atoms with Crippen LogP contribution in [0.4, 0.5) is 10.3 Å². The van der Waals surface area contributed by atoms with E-state index in [4.69, 9.17) is 15.5 Å². The quantitative estimate of drug-likeness (QED) is 0.544. The number of anilines is 1. The van der Waals surface area contributed by atoms with Crippen LogP contribution in [0, 0.1) is 5.82 Å². The van der Waals surface area contributed by atoms with Crippen LogP contribution in [0.25, 0.3) is 0 Å². The Labute approximate surface area is 196 Å². The van der Waals surface area contributed by atoms with Crippen LogP contribution < -0.4 is 15.4 Å². The molecule has 4 rings (SSSR count). The van der Waals surface area contributed by atoms with E-state index >= 15 is 0 Å². The van der Waals surface area contributed by atoms with Crippen LogP contribution in [0.15, 0.2) is 64.5 Å². The van der Waals surface area contributed by atoms with E-state index in [1.807, 2.05) is 12.1 Å². The summed E-state index contributed by atoms with van der Waals surface area (Å²) in [5.74, 6) is 0.433. The fraction of sp³-hybridized carbons (Fsp3) is 0.292. The van der Waals surface area contributed by atoms with Gasteiger partial charge in [-0.2, -0.15) is 4.98 Å². The predicted molar refractivity (Wildman–Crippen MR) is 126 cm³/mol. The van der Waals surface area contributed by atoms with E-state index in [2.05, 4.69) is 21.8 Å². The summed E-state index contributed by atoms with van der Waals surface area (Å²) >= 11 is 1.46. The van der Waals surface area contributed by atoms with E-state index in [0.29, 0.717) is 30.4 Å². The number of hydrogen-bond acceptors (Lipinski definition) is 7. The number of amides is 1. The number of nitrogens with zero attached hydrogens (tertiary/aromatic N) is 4. The molecule has 0 atom stereocenters. The lowest BCUT2D eigenvalue weighted by molar-refractivity contribution is 0.1000. The minimum absolute atomic E-state index is 0.256. The summed E-state index contributed by atoms with van der Waals surface area (Å²) in [4.78, 5) is 26.8. The van der Waals surface area contributed by atoms with Crippen LogP contribution in [-0.2, 0) is 6.42 Å². The molecule has 0 saturated carbocycles. The number of benzene rings is 2. The number of aromatic nitrogens is 2. The molecule has 0 spiro atoms. The Bertz CT molecular complexity index is 1090. The Morgan fingerprint density at radius 3 is 2.45 bits per heavy atom. The van der Waals surface area contributed by atoms with Crippen molar-refractivity contribution in [1.82, 2.24) is 14.9 Å². The lowest BCUT2D eigenvalue weighted by Crippen LogP contribution is -2.45. The van der Waals surface area contributed by atoms with Gasteiger partial charge in [-0.15, -0.1) is 0 Å². The van der Waals surface area contributed by atoms with E-state index in [9.17, 15) is 9.18 Å². The molecule has 7 nitrogen and oxygen atoms in total. The Morgan fingerprint density at radius 2 is 1.79 bits per heavy atom. The fourth-order valence-electron chi connectivity index (χ4n) is 3.41. The summed E-state index contributed by atoms with van der Waals surface area (Å²) in [6, 6.07) is 13.5. The lowest BCUT2D eigenvalue weighted by atomic mass is 10.2. The van der Waals surface area contributed by atoms with Gasteiger partial charge in [-0.1, -0.05) is 23.9 Å². The summed E-state index contributed by atoms with van der Waals surface area (Å²) in [7, 11) is 2.10. The maximum absolute atomic E-state index is 13.2. The second-order valence-electron chi connectivity index (χ2n) is 7.85. The first-order valence-electron chi connectivity index (χ1n) is 10.7. The fourth-order valence-corrected chi connectivity index (χ4v) is 4.23. The van der Waals surface area contributed by atoms with Crippen molar-refractivity contribution in [3.8, 4) is 5.88 Å². The first-order valence-corrected chi connectivity index (χ1v) is 11.5. The highest BCUT2D eigenvalue weighted by Crippen LogP contribution is 2.34. The number of ether oxygens (including phenoxy) is 1. The molecule has 0 bridgehead atoms. The zero-order valence-corrected chi connectivity index (χ0v) is 19.2. The van der Waals surface area contributed by atoms with Crippen LogP contribution in [-0.4, -0.2) is 60.6 Å². The third-order valence-electron chi connectivity index (χ3n) is 5.41. The Morgan fingerprint density at radius 1 is 1.09 bits per heavy atom. The first-order chi connectivity index (χ1) is 16.0. The molecule has 1 fully saturated rings. The molecule has 0 unspecified atom stereocenters. The molecular weight excluding hydrogens is 441 g/mol. The molecule has 2 aromatic carbocycles. The van der Waals surface area contributed by atoms with E-state index in [1.165, 1.54) is 23.9 Å². The average Bonchev–Trinajstić information content (AvgIpc) is 2.82. The van der Waals surface area contributed by atoms with Gasteiger partial charge >= 0.3 is 0 Å². The number of piperazine rings is 1. The smallest absolute Gasteiger partial charge is 0.248 e. The number of hydrogen-bond donors (Lipinski definition) is 1. The van der Waals surface area contributed by atoms with Gasteiger partial charge in [0.05, 0.1) is 17.7 Å². The highest BCUT2D eigenvalue weighted by atomic mass is 32.2. The number of carbonyl (C=O) groups excluding carboxylic acids is 1. The summed E-state index contributed by atoms with van der Waals surface area (Å²) < 4.78 is 19.2. The number of carbonyl (C=O) groups is 1. The maximum Gasteiger partial charge on any atom is 0.248 e. The summed E-state index contributed by atoms with van der Waals surface area (Å²) in [5, 5.41) is 0. The molecule has 1 aliphatic rings. The van der Waals surface area contributed by atoms with Crippen molar-refractivity contribution in [1.29, 1.82) is 0 Å². The molecule has 1 aliphatic heterocycles. The summed E-state index contributed by atoms with van der Waals surface area (Å²) in [5.41, 5.74) is 6.78. The van der Waals surface area contributed by atoms with Gasteiger partial charge in [0.25, 0.3) is 0 Å². The molecule has 2 N–H and O–H groups in total. The van der Waals surface area contributed by atoms with Crippen LogP contribution in [0.5, 0.6) is 5.88 Å². The number of rotatable bonds is 8. The van der Waals surface area contributed by atoms with E-state index in [0.717, 1.165) is 41.5 Å². The SMILES string of the molecule is CN1CCN(c2ncc(Sc3ccc(C(N)=O)cc3)c(OCCc3ccc(F)cc3)n2)CC1. The normalized spacial score (nSPS) is 14.3. The zero-order valence-electron chi connectivity index (χ0n) is 18.4. The van der Waals surface area contributed by atoms with Gasteiger partial charge in [0, 0.05) is 43.1 Å². The van der Waals surface area contributed by atoms with Crippen molar-refractivity contribution in [3.63, 3.8) is 0 Å². The minimum Gasteiger partial charge on any atom is -0.476 e. The number of likely N-dealkylation sites (N-methyl/N-ethyl adjacent to an activating group) is 1. The minimum atomic E-state index is -0.462. The van der Waals surface area contributed by atoms with Crippen LogP contribution in [0.2, 0.25) is 0 Å². The lowest BCUT2D eigenvalue weighted by Gasteiger charge is -2.32. The molecule has 1 amide bonds. The number of nitrogens with two attached hydrogens (primary N) is 1. The van der Waals surface area contributed by atoms with E-state index in [1.54, 1.807) is 30.5 Å². The van der Waals surface area contributed by atoms with Crippen molar-refractivity contribution in [2.45, 2.75) is 16.2 Å². The van der Waals surface area contributed by atoms with Gasteiger partial charge in [0.15, 0.2) is 0 Å². The van der Waals surface area contributed by atoms with Crippen molar-refractivity contribution < 1.29 is 13.9 Å². The van der Waals surface area contributed by atoms with Crippen molar-refractivity contribution in [2.75, 3.05) is 44.7 Å². The van der Waals surface area contributed by atoms with Gasteiger partial charge in [0.2, 0.25) is 17.7 Å². The Hall–Kier alpha value is -3.17. The van der Waals surface area contributed by atoms with Gasteiger partial charge < -0.3 is 20.3 Å². The molecular formula is C24H26FN5O2S.